The van der Waals surface area contributed by atoms with Crippen molar-refractivity contribution in [3.63, 3.8) is 0 Å². The van der Waals surface area contributed by atoms with E-state index in [4.69, 9.17) is 0 Å². The first kappa shape index (κ1) is 16.1. The van der Waals surface area contributed by atoms with E-state index in [0.717, 1.165) is 44.7 Å². The van der Waals surface area contributed by atoms with Crippen molar-refractivity contribution >= 4 is 27.3 Å². The van der Waals surface area contributed by atoms with Crippen molar-refractivity contribution in [3.8, 4) is 0 Å². The molecule has 22 heavy (non-hydrogen) atoms. The van der Waals surface area contributed by atoms with Crippen molar-refractivity contribution in [2.45, 2.75) is 19.5 Å². The second kappa shape index (κ2) is 7.68. The van der Waals surface area contributed by atoms with Gasteiger partial charge < -0.3 is 0 Å². The summed E-state index contributed by atoms with van der Waals surface area (Å²) in [5.41, 5.74) is 0.804. The summed E-state index contributed by atoms with van der Waals surface area (Å²) in [6.07, 6.45) is 1.14. The fraction of sp³-hybridized carbons (Fsp3) is 0.412. The van der Waals surface area contributed by atoms with E-state index in [1.807, 2.05) is 12.1 Å². The van der Waals surface area contributed by atoms with Gasteiger partial charge in [0.2, 0.25) is 0 Å². The van der Waals surface area contributed by atoms with Crippen molar-refractivity contribution < 1.29 is 4.39 Å². The fourth-order valence-electron chi connectivity index (χ4n) is 2.87. The van der Waals surface area contributed by atoms with Crippen LogP contribution in [0.4, 0.5) is 4.39 Å². The lowest BCUT2D eigenvalue weighted by molar-refractivity contribution is 0.246. The van der Waals surface area contributed by atoms with Crippen LogP contribution in [0.15, 0.2) is 40.2 Å². The Morgan fingerprint density at radius 3 is 2.36 bits per heavy atom. The smallest absolute Gasteiger partial charge is 0.127 e. The van der Waals surface area contributed by atoms with Crippen LogP contribution in [0.5, 0.6) is 0 Å². The molecule has 1 saturated heterocycles. The largest absolute Gasteiger partial charge is 0.298 e. The minimum Gasteiger partial charge on any atom is -0.298 e. The Bertz CT molecular complexity index is 616. The Labute approximate surface area is 143 Å². The van der Waals surface area contributed by atoms with E-state index < -0.39 is 0 Å². The highest BCUT2D eigenvalue weighted by atomic mass is 79.9. The summed E-state index contributed by atoms with van der Waals surface area (Å²) < 4.78 is 15.0. The minimum atomic E-state index is -0.0907. The maximum atomic E-state index is 13.8. The van der Waals surface area contributed by atoms with Gasteiger partial charge in [-0.2, -0.15) is 0 Å². The van der Waals surface area contributed by atoms with Crippen LogP contribution in [0.3, 0.4) is 0 Å². The predicted octanol–water partition coefficient (Wildman–Crippen LogP) is 4.36. The maximum absolute atomic E-state index is 13.8. The first-order valence-corrected chi connectivity index (χ1v) is 9.24. The summed E-state index contributed by atoms with van der Waals surface area (Å²) in [5, 5.41) is 0. The van der Waals surface area contributed by atoms with Gasteiger partial charge in [-0.15, -0.1) is 11.3 Å². The van der Waals surface area contributed by atoms with Gasteiger partial charge in [0.1, 0.15) is 5.82 Å². The van der Waals surface area contributed by atoms with Gasteiger partial charge in [-0.1, -0.05) is 18.2 Å². The number of halogens is 2. The van der Waals surface area contributed by atoms with Crippen molar-refractivity contribution in [1.29, 1.82) is 0 Å². The summed E-state index contributed by atoms with van der Waals surface area (Å²) in [5.74, 6) is -0.0907. The number of rotatable bonds is 4. The zero-order valence-electron chi connectivity index (χ0n) is 12.5. The molecule has 2 heterocycles. The van der Waals surface area contributed by atoms with Crippen LogP contribution in [0.1, 0.15) is 16.9 Å². The quantitative estimate of drug-likeness (QED) is 0.774. The van der Waals surface area contributed by atoms with E-state index in [9.17, 15) is 4.39 Å². The lowest BCUT2D eigenvalue weighted by atomic mass is 10.2. The van der Waals surface area contributed by atoms with Gasteiger partial charge in [0, 0.05) is 36.6 Å². The molecule has 1 aliphatic heterocycles. The fourth-order valence-corrected chi connectivity index (χ4v) is 4.39. The van der Waals surface area contributed by atoms with Gasteiger partial charge in [-0.3, -0.25) is 9.80 Å². The molecule has 1 aliphatic rings. The lowest BCUT2D eigenvalue weighted by Crippen LogP contribution is -2.30. The van der Waals surface area contributed by atoms with Crippen LogP contribution in [0.25, 0.3) is 0 Å². The van der Waals surface area contributed by atoms with Gasteiger partial charge in [-0.05, 0) is 53.6 Å². The molecule has 1 fully saturated rings. The molecule has 3 rings (SSSR count). The highest BCUT2D eigenvalue weighted by Crippen LogP contribution is 2.23. The highest BCUT2D eigenvalue weighted by Gasteiger charge is 2.16. The Morgan fingerprint density at radius 1 is 0.955 bits per heavy atom. The normalized spacial score (nSPS) is 17.5. The van der Waals surface area contributed by atoms with Crippen LogP contribution < -0.4 is 0 Å². The Hall–Kier alpha value is -0.750. The summed E-state index contributed by atoms with van der Waals surface area (Å²) in [6, 6.07) is 11.4. The zero-order chi connectivity index (χ0) is 15.4. The average molecular weight is 383 g/mol. The number of hydrogen-bond donors (Lipinski definition) is 0. The van der Waals surface area contributed by atoms with E-state index in [-0.39, 0.29) is 5.82 Å². The number of benzene rings is 1. The van der Waals surface area contributed by atoms with E-state index in [2.05, 4.69) is 37.9 Å². The molecule has 5 heteroatoms. The third-order valence-electron chi connectivity index (χ3n) is 4.04. The molecule has 0 unspecified atom stereocenters. The van der Waals surface area contributed by atoms with Crippen molar-refractivity contribution in [1.82, 2.24) is 9.80 Å². The van der Waals surface area contributed by atoms with E-state index in [1.165, 1.54) is 8.66 Å². The summed E-state index contributed by atoms with van der Waals surface area (Å²) in [4.78, 5) is 6.26. The Morgan fingerprint density at radius 2 is 1.68 bits per heavy atom. The highest BCUT2D eigenvalue weighted by molar-refractivity contribution is 9.11. The third-order valence-corrected chi connectivity index (χ3v) is 5.65. The molecule has 0 bridgehead atoms. The molecule has 0 spiro atoms. The molecule has 0 N–H and O–H groups in total. The number of hydrogen-bond acceptors (Lipinski definition) is 3. The summed E-state index contributed by atoms with van der Waals surface area (Å²) in [7, 11) is 0. The molecule has 0 atom stereocenters. The maximum Gasteiger partial charge on any atom is 0.127 e. The van der Waals surface area contributed by atoms with E-state index in [1.54, 1.807) is 23.5 Å². The van der Waals surface area contributed by atoms with Crippen molar-refractivity contribution in [3.05, 3.63) is 56.4 Å². The van der Waals surface area contributed by atoms with Crippen molar-refractivity contribution in [2.24, 2.45) is 0 Å². The molecule has 2 nitrogen and oxygen atoms in total. The molecule has 0 amide bonds. The molecule has 118 valence electrons. The van der Waals surface area contributed by atoms with Crippen LogP contribution in [0.2, 0.25) is 0 Å². The predicted molar refractivity (Wildman–Crippen MR) is 93.6 cm³/mol. The SMILES string of the molecule is Fc1ccccc1CN1CCCN(Cc2ccc(Br)s2)CC1. The summed E-state index contributed by atoms with van der Waals surface area (Å²) in [6.45, 7) is 5.93. The number of thiophene rings is 1. The zero-order valence-corrected chi connectivity index (χ0v) is 14.9. The third kappa shape index (κ3) is 4.38. The van der Waals surface area contributed by atoms with Gasteiger partial charge in [-0.25, -0.2) is 4.39 Å². The standard InChI is InChI=1S/C17H20BrFN2S/c18-17-7-6-15(22-17)13-21-9-3-8-20(10-11-21)12-14-4-1-2-5-16(14)19/h1-2,4-7H,3,8-13H2. The molecule has 0 aliphatic carbocycles. The second-order valence-electron chi connectivity index (χ2n) is 5.70. The van der Waals surface area contributed by atoms with Gasteiger partial charge in [0.05, 0.1) is 3.79 Å². The Kier molecular flexibility index (Phi) is 5.63. The molecule has 0 saturated carbocycles. The van der Waals surface area contributed by atoms with Crippen LogP contribution in [0, 0.1) is 5.82 Å². The van der Waals surface area contributed by atoms with E-state index >= 15 is 0 Å². The topological polar surface area (TPSA) is 6.48 Å². The van der Waals surface area contributed by atoms with Gasteiger partial charge >= 0.3 is 0 Å². The average Bonchev–Trinajstić information content (AvgIpc) is 2.78. The van der Waals surface area contributed by atoms with Gasteiger partial charge in [0.15, 0.2) is 0 Å². The van der Waals surface area contributed by atoms with Crippen LogP contribution in [-0.2, 0) is 13.1 Å². The molecular weight excluding hydrogens is 363 g/mol. The Balaban J connectivity index is 1.54. The van der Waals surface area contributed by atoms with Gasteiger partial charge in [0.25, 0.3) is 0 Å². The summed E-state index contributed by atoms with van der Waals surface area (Å²) >= 11 is 5.33. The van der Waals surface area contributed by atoms with E-state index in [0.29, 0.717) is 6.54 Å². The van der Waals surface area contributed by atoms with Crippen LogP contribution >= 0.6 is 27.3 Å². The molecule has 2 aromatic rings. The first-order valence-electron chi connectivity index (χ1n) is 7.63. The monoisotopic (exact) mass is 382 g/mol. The molecule has 1 aromatic carbocycles. The molecular formula is C17H20BrFN2S. The van der Waals surface area contributed by atoms with Crippen molar-refractivity contribution in [2.75, 3.05) is 26.2 Å². The molecule has 1 aromatic heterocycles. The second-order valence-corrected chi connectivity index (χ2v) is 8.25. The number of nitrogens with zero attached hydrogens (tertiary/aromatic N) is 2. The molecule has 0 radical (unpaired) electrons. The first-order chi connectivity index (χ1) is 10.7. The minimum absolute atomic E-state index is 0.0907. The van der Waals surface area contributed by atoms with Crippen LogP contribution in [-0.4, -0.2) is 36.0 Å². The lowest BCUT2D eigenvalue weighted by Gasteiger charge is -2.21.